The third-order valence-corrected chi connectivity index (χ3v) is 5.10. The molecule has 3 nitrogen and oxygen atoms in total. The van der Waals surface area contributed by atoms with Crippen LogP contribution in [0.5, 0.6) is 5.75 Å². The zero-order valence-corrected chi connectivity index (χ0v) is 17.9. The Hall–Kier alpha value is -4.32. The summed E-state index contributed by atoms with van der Waals surface area (Å²) in [4.78, 5) is 13.2. The summed E-state index contributed by atoms with van der Waals surface area (Å²) in [5.74, 6) is -1.25. The number of para-hydroxylation sites is 2. The summed E-state index contributed by atoms with van der Waals surface area (Å²) in [5, 5.41) is 2.56. The molecule has 0 aliphatic heterocycles. The lowest BCUT2D eigenvalue weighted by atomic mass is 9.98. The molecular weight excluding hydrogens is 439 g/mol. The molecular formula is C28H20F3NO2. The second kappa shape index (κ2) is 10.5. The summed E-state index contributed by atoms with van der Waals surface area (Å²) in [6.07, 6.45) is 1.45. The van der Waals surface area contributed by atoms with Crippen molar-refractivity contribution in [3.8, 4) is 16.9 Å². The van der Waals surface area contributed by atoms with Crippen molar-refractivity contribution < 1.29 is 22.7 Å². The van der Waals surface area contributed by atoms with Crippen molar-refractivity contribution in [3.05, 3.63) is 120 Å². The molecule has 0 radical (unpaired) electrons. The first-order valence-corrected chi connectivity index (χ1v) is 10.5. The van der Waals surface area contributed by atoms with Gasteiger partial charge in [0.15, 0.2) is 0 Å². The van der Waals surface area contributed by atoms with Crippen LogP contribution in [-0.4, -0.2) is 12.5 Å². The van der Waals surface area contributed by atoms with Crippen molar-refractivity contribution in [2.75, 3.05) is 5.32 Å². The number of carbonyl (C=O) groups is 1. The highest BCUT2D eigenvalue weighted by Crippen LogP contribution is 2.29. The number of nitrogens with one attached hydrogen (secondary N) is 1. The van der Waals surface area contributed by atoms with Crippen LogP contribution < -0.4 is 10.1 Å². The molecule has 0 atom stereocenters. The van der Waals surface area contributed by atoms with Gasteiger partial charge in [-0.25, -0.2) is 4.39 Å². The van der Waals surface area contributed by atoms with Gasteiger partial charge in [0.05, 0.1) is 5.69 Å². The monoisotopic (exact) mass is 459 g/mol. The van der Waals surface area contributed by atoms with Gasteiger partial charge in [-0.15, -0.1) is 0 Å². The zero-order chi connectivity index (χ0) is 23.9. The second-order valence-corrected chi connectivity index (χ2v) is 7.35. The highest BCUT2D eigenvalue weighted by Gasteiger charge is 2.17. The van der Waals surface area contributed by atoms with E-state index in [2.05, 4.69) is 10.1 Å². The summed E-state index contributed by atoms with van der Waals surface area (Å²) >= 11 is 0. The Morgan fingerprint density at radius 3 is 2.09 bits per heavy atom. The molecule has 4 aromatic rings. The molecule has 0 spiro atoms. The van der Waals surface area contributed by atoms with Crippen LogP contribution in [0.3, 0.4) is 0 Å². The Kier molecular flexibility index (Phi) is 7.08. The van der Waals surface area contributed by atoms with Crippen molar-refractivity contribution in [3.63, 3.8) is 0 Å². The first-order valence-electron chi connectivity index (χ1n) is 10.5. The highest BCUT2D eigenvalue weighted by atomic mass is 19.3. The van der Waals surface area contributed by atoms with Gasteiger partial charge in [-0.1, -0.05) is 84.9 Å². The zero-order valence-electron chi connectivity index (χ0n) is 17.9. The minimum atomic E-state index is -3.02. The molecule has 170 valence electrons. The van der Waals surface area contributed by atoms with Crippen LogP contribution in [0, 0.1) is 5.82 Å². The molecule has 1 amide bonds. The van der Waals surface area contributed by atoms with Crippen LogP contribution in [0.1, 0.15) is 11.1 Å². The molecule has 0 aliphatic rings. The fraction of sp³-hybridized carbons (Fsp3) is 0.0357. The van der Waals surface area contributed by atoms with Gasteiger partial charge in [-0.2, -0.15) is 8.78 Å². The van der Waals surface area contributed by atoms with E-state index in [1.165, 1.54) is 30.3 Å². The van der Waals surface area contributed by atoms with Gasteiger partial charge >= 0.3 is 6.61 Å². The summed E-state index contributed by atoms with van der Waals surface area (Å²) in [7, 11) is 0. The molecule has 0 aromatic heterocycles. The lowest BCUT2D eigenvalue weighted by Gasteiger charge is -2.13. The molecule has 34 heavy (non-hydrogen) atoms. The first-order chi connectivity index (χ1) is 16.5. The molecule has 6 heteroatoms. The van der Waals surface area contributed by atoms with Gasteiger partial charge in [-0.3, -0.25) is 4.79 Å². The number of benzene rings is 4. The Balaban J connectivity index is 1.75. The normalized spacial score (nSPS) is 11.4. The Labute approximate surface area is 195 Å². The minimum Gasteiger partial charge on any atom is -0.434 e. The molecule has 4 rings (SSSR count). The van der Waals surface area contributed by atoms with E-state index >= 15 is 0 Å². The second-order valence-electron chi connectivity index (χ2n) is 7.35. The first kappa shape index (κ1) is 22.9. The van der Waals surface area contributed by atoms with E-state index in [1.807, 2.05) is 42.5 Å². The smallest absolute Gasteiger partial charge is 0.387 e. The number of anilines is 1. The lowest BCUT2D eigenvalue weighted by molar-refractivity contribution is -0.111. The maximum absolute atomic E-state index is 14.2. The molecule has 1 N–H and O–H groups in total. The molecule has 0 saturated heterocycles. The number of hydrogen-bond donors (Lipinski definition) is 1. The van der Waals surface area contributed by atoms with Gasteiger partial charge < -0.3 is 10.1 Å². The molecule has 4 aromatic carbocycles. The Morgan fingerprint density at radius 2 is 1.38 bits per heavy atom. The third kappa shape index (κ3) is 5.53. The van der Waals surface area contributed by atoms with E-state index in [1.54, 1.807) is 36.4 Å². The molecule has 0 unspecified atom stereocenters. The summed E-state index contributed by atoms with van der Waals surface area (Å²) < 4.78 is 44.5. The maximum Gasteiger partial charge on any atom is 0.387 e. The van der Waals surface area contributed by atoms with Gasteiger partial charge in [0.25, 0.3) is 5.91 Å². The maximum atomic E-state index is 14.2. The fourth-order valence-corrected chi connectivity index (χ4v) is 3.46. The van der Waals surface area contributed by atoms with Crippen LogP contribution in [-0.2, 0) is 4.79 Å². The summed E-state index contributed by atoms with van der Waals surface area (Å²) in [5.41, 5.74) is 2.93. The summed E-state index contributed by atoms with van der Waals surface area (Å²) in [6, 6.07) is 28.9. The average Bonchev–Trinajstić information content (AvgIpc) is 2.85. The largest absolute Gasteiger partial charge is 0.434 e. The van der Waals surface area contributed by atoms with E-state index in [-0.39, 0.29) is 22.6 Å². The van der Waals surface area contributed by atoms with Crippen LogP contribution in [0.25, 0.3) is 22.8 Å². The van der Waals surface area contributed by atoms with E-state index in [0.29, 0.717) is 5.56 Å². The van der Waals surface area contributed by atoms with E-state index < -0.39 is 18.3 Å². The molecule has 0 bridgehead atoms. The molecule has 0 heterocycles. The van der Waals surface area contributed by atoms with Gasteiger partial charge in [0.2, 0.25) is 0 Å². The van der Waals surface area contributed by atoms with E-state index in [9.17, 15) is 18.0 Å². The number of amides is 1. The van der Waals surface area contributed by atoms with Crippen molar-refractivity contribution in [1.82, 2.24) is 0 Å². The number of hydrogen-bond acceptors (Lipinski definition) is 2. The highest BCUT2D eigenvalue weighted by molar-refractivity contribution is 6.29. The van der Waals surface area contributed by atoms with Crippen molar-refractivity contribution in [1.29, 1.82) is 0 Å². The topological polar surface area (TPSA) is 38.3 Å². The number of ether oxygens (including phenoxy) is 1. The quantitative estimate of drug-likeness (QED) is 0.233. The SMILES string of the molecule is O=C(Nc1ccccc1F)/C(=C\c1ccccc1OC(F)F)c1ccc(-c2ccccc2)cc1. The van der Waals surface area contributed by atoms with Crippen LogP contribution in [0.4, 0.5) is 18.9 Å². The van der Waals surface area contributed by atoms with Crippen LogP contribution in [0.2, 0.25) is 0 Å². The number of rotatable bonds is 7. The van der Waals surface area contributed by atoms with Crippen LogP contribution in [0.15, 0.2) is 103 Å². The Bertz CT molecular complexity index is 1300. The van der Waals surface area contributed by atoms with Gasteiger partial charge in [0, 0.05) is 11.1 Å². The standard InChI is InChI=1S/C28H20F3NO2/c29-24-11-5-6-12-25(24)32-27(33)23(18-22-10-4-7-13-26(22)34-28(30)31)21-16-14-20(15-17-21)19-8-2-1-3-9-19/h1-18,28H,(H,32,33)/b23-18-. The van der Waals surface area contributed by atoms with Gasteiger partial charge in [0.1, 0.15) is 11.6 Å². The van der Waals surface area contributed by atoms with Crippen LogP contribution >= 0.6 is 0 Å². The minimum absolute atomic E-state index is 0.0106. The fourth-order valence-electron chi connectivity index (χ4n) is 3.46. The van der Waals surface area contributed by atoms with Crippen molar-refractivity contribution >= 4 is 23.2 Å². The number of carbonyl (C=O) groups excluding carboxylic acids is 1. The van der Waals surface area contributed by atoms with Crippen molar-refractivity contribution in [2.24, 2.45) is 0 Å². The van der Waals surface area contributed by atoms with E-state index in [0.717, 1.165) is 11.1 Å². The van der Waals surface area contributed by atoms with E-state index in [4.69, 9.17) is 0 Å². The molecule has 0 aliphatic carbocycles. The third-order valence-electron chi connectivity index (χ3n) is 5.10. The number of halogens is 3. The van der Waals surface area contributed by atoms with Gasteiger partial charge in [-0.05, 0) is 41.0 Å². The average molecular weight is 459 g/mol. The predicted octanol–water partition coefficient (Wildman–Crippen LogP) is 7.27. The van der Waals surface area contributed by atoms with Crippen molar-refractivity contribution in [2.45, 2.75) is 6.61 Å². The predicted molar refractivity (Wildman–Crippen MR) is 128 cm³/mol. The molecule has 0 fully saturated rings. The lowest BCUT2D eigenvalue weighted by Crippen LogP contribution is -2.15. The number of alkyl halides is 2. The molecule has 0 saturated carbocycles. The summed E-state index contributed by atoms with van der Waals surface area (Å²) in [6.45, 7) is -3.02. The Morgan fingerprint density at radius 1 is 0.765 bits per heavy atom.